The summed E-state index contributed by atoms with van der Waals surface area (Å²) in [5, 5.41) is 0. The summed E-state index contributed by atoms with van der Waals surface area (Å²) in [4.78, 5) is 12.4. The molecule has 0 saturated carbocycles. The van der Waals surface area contributed by atoms with Crippen LogP contribution in [0.1, 0.15) is 39.9 Å². The van der Waals surface area contributed by atoms with Crippen molar-refractivity contribution in [3.8, 4) is 0 Å². The second-order valence-corrected chi connectivity index (χ2v) is 8.74. The molecule has 1 atom stereocenters. The smallest absolute Gasteiger partial charge is 0.338 e. The minimum Gasteiger partial charge on any atom is -0.462 e. The fourth-order valence-corrected chi connectivity index (χ4v) is 4.25. The summed E-state index contributed by atoms with van der Waals surface area (Å²) in [6.07, 6.45) is 0. The lowest BCUT2D eigenvalue weighted by atomic mass is 9.90. The third kappa shape index (κ3) is 5.34. The lowest BCUT2D eigenvalue weighted by molar-refractivity contribution is 0.0526. The van der Waals surface area contributed by atoms with Gasteiger partial charge in [-0.3, -0.25) is 0 Å². The van der Waals surface area contributed by atoms with Crippen molar-refractivity contribution in [2.24, 2.45) is 0 Å². The van der Waals surface area contributed by atoms with Crippen molar-refractivity contribution in [2.75, 3.05) is 13.2 Å². The lowest BCUT2D eigenvalue weighted by Gasteiger charge is -2.19. The topological polar surface area (TPSA) is 72.5 Å². The summed E-state index contributed by atoms with van der Waals surface area (Å²) in [5.74, 6) is -0.660. The van der Waals surface area contributed by atoms with Gasteiger partial charge in [0, 0.05) is 12.5 Å². The summed E-state index contributed by atoms with van der Waals surface area (Å²) in [7, 11) is -3.66. The molecular weight excluding hydrogens is 398 g/mol. The molecule has 3 aromatic rings. The van der Waals surface area contributed by atoms with E-state index in [1.54, 1.807) is 49.4 Å². The molecule has 1 N–H and O–H groups in total. The standard InChI is InChI=1S/C24H25NO4S/c1-3-29-24(26)21-11-7-10-20(16-21)23(19-8-5-4-6-9-19)17-25-30(27,28)22-14-12-18(2)13-15-22/h4-16,23,25H,3,17H2,1-2H3/t23-/m1/s1. The van der Waals surface area contributed by atoms with E-state index in [4.69, 9.17) is 4.74 Å². The third-order valence-corrected chi connectivity index (χ3v) is 6.25. The molecular formula is C24H25NO4S. The lowest BCUT2D eigenvalue weighted by Crippen LogP contribution is -2.29. The van der Waals surface area contributed by atoms with Gasteiger partial charge >= 0.3 is 5.97 Å². The highest BCUT2D eigenvalue weighted by atomic mass is 32.2. The molecule has 0 fully saturated rings. The van der Waals surface area contributed by atoms with E-state index >= 15 is 0 Å². The number of benzene rings is 3. The normalized spacial score (nSPS) is 12.3. The first-order chi connectivity index (χ1) is 14.4. The first kappa shape index (κ1) is 21.7. The molecule has 0 aliphatic carbocycles. The second-order valence-electron chi connectivity index (χ2n) is 6.97. The predicted molar refractivity (Wildman–Crippen MR) is 117 cm³/mol. The van der Waals surface area contributed by atoms with Crippen LogP contribution in [-0.4, -0.2) is 27.5 Å². The van der Waals surface area contributed by atoms with Crippen molar-refractivity contribution >= 4 is 16.0 Å². The number of rotatable bonds is 8. The summed E-state index contributed by atoms with van der Waals surface area (Å²) >= 11 is 0. The molecule has 30 heavy (non-hydrogen) atoms. The Hall–Kier alpha value is -2.96. The van der Waals surface area contributed by atoms with Crippen molar-refractivity contribution in [3.63, 3.8) is 0 Å². The number of nitrogens with one attached hydrogen (secondary N) is 1. The van der Waals surface area contributed by atoms with Crippen molar-refractivity contribution in [3.05, 3.63) is 101 Å². The molecule has 0 radical (unpaired) electrons. The van der Waals surface area contributed by atoms with E-state index in [-0.39, 0.29) is 17.4 Å². The third-order valence-electron chi connectivity index (χ3n) is 4.81. The fourth-order valence-electron chi connectivity index (χ4n) is 3.20. The van der Waals surface area contributed by atoms with Crippen molar-refractivity contribution in [1.29, 1.82) is 0 Å². The molecule has 3 aromatic carbocycles. The summed E-state index contributed by atoms with van der Waals surface area (Å²) in [6, 6.07) is 23.5. The minimum atomic E-state index is -3.66. The number of hydrogen-bond acceptors (Lipinski definition) is 4. The van der Waals surface area contributed by atoms with Crippen LogP contribution < -0.4 is 4.72 Å². The Morgan fingerprint density at radius 1 is 0.933 bits per heavy atom. The summed E-state index contributed by atoms with van der Waals surface area (Å²) in [6.45, 7) is 4.12. The number of carbonyl (C=O) groups is 1. The molecule has 0 aromatic heterocycles. The van der Waals surface area contributed by atoms with Crippen molar-refractivity contribution in [1.82, 2.24) is 4.72 Å². The van der Waals surface area contributed by atoms with E-state index in [0.717, 1.165) is 16.7 Å². The van der Waals surface area contributed by atoms with Crippen molar-refractivity contribution in [2.45, 2.75) is 24.7 Å². The van der Waals surface area contributed by atoms with Crippen LogP contribution in [0.25, 0.3) is 0 Å². The van der Waals surface area contributed by atoms with Gasteiger partial charge in [-0.25, -0.2) is 17.9 Å². The monoisotopic (exact) mass is 423 g/mol. The summed E-state index contributed by atoms with van der Waals surface area (Å²) < 4.78 is 33.4. The largest absolute Gasteiger partial charge is 0.462 e. The fraction of sp³-hybridized carbons (Fsp3) is 0.208. The maximum Gasteiger partial charge on any atom is 0.338 e. The van der Waals surface area contributed by atoms with Crippen LogP contribution in [0.3, 0.4) is 0 Å². The Morgan fingerprint density at radius 3 is 2.27 bits per heavy atom. The SMILES string of the molecule is CCOC(=O)c1cccc([C@H](CNS(=O)(=O)c2ccc(C)cc2)c2ccccc2)c1. The molecule has 0 aliphatic rings. The van der Waals surface area contributed by atoms with Gasteiger partial charge in [-0.15, -0.1) is 0 Å². The van der Waals surface area contributed by atoms with Gasteiger partial charge in [0.15, 0.2) is 0 Å². The van der Waals surface area contributed by atoms with E-state index in [1.807, 2.05) is 43.3 Å². The van der Waals surface area contributed by atoms with E-state index in [0.29, 0.717) is 12.2 Å². The Morgan fingerprint density at radius 2 is 1.60 bits per heavy atom. The van der Waals surface area contributed by atoms with E-state index < -0.39 is 16.0 Å². The molecule has 0 saturated heterocycles. The van der Waals surface area contributed by atoms with Crippen LogP contribution in [0.15, 0.2) is 83.8 Å². The average molecular weight is 424 g/mol. The van der Waals surface area contributed by atoms with Gasteiger partial charge in [-0.2, -0.15) is 0 Å². The van der Waals surface area contributed by atoms with E-state index in [9.17, 15) is 13.2 Å². The Labute approximate surface area is 177 Å². The molecule has 0 aliphatic heterocycles. The highest BCUT2D eigenvalue weighted by Gasteiger charge is 2.20. The number of esters is 1. The number of hydrogen-bond donors (Lipinski definition) is 1. The zero-order chi connectivity index (χ0) is 21.6. The molecule has 0 bridgehead atoms. The zero-order valence-corrected chi connectivity index (χ0v) is 17.9. The van der Waals surface area contributed by atoms with E-state index in [1.165, 1.54) is 0 Å². The maximum atomic E-state index is 12.8. The van der Waals surface area contributed by atoms with Gasteiger partial charge in [-0.05, 0) is 49.2 Å². The molecule has 0 amide bonds. The van der Waals surface area contributed by atoms with Crippen molar-refractivity contribution < 1.29 is 17.9 Å². The molecule has 156 valence electrons. The number of ether oxygens (including phenoxy) is 1. The predicted octanol–water partition coefficient (Wildman–Crippen LogP) is 4.28. The highest BCUT2D eigenvalue weighted by molar-refractivity contribution is 7.89. The first-order valence-electron chi connectivity index (χ1n) is 9.79. The zero-order valence-electron chi connectivity index (χ0n) is 17.0. The van der Waals surface area contributed by atoms with Crippen LogP contribution in [0.2, 0.25) is 0 Å². The molecule has 6 heteroatoms. The van der Waals surface area contributed by atoms with Gasteiger partial charge in [-0.1, -0.05) is 60.2 Å². The second kappa shape index (κ2) is 9.69. The Kier molecular flexibility index (Phi) is 7.03. The van der Waals surface area contributed by atoms with Crippen LogP contribution in [0.4, 0.5) is 0 Å². The van der Waals surface area contributed by atoms with Gasteiger partial charge in [0.2, 0.25) is 10.0 Å². The number of carbonyl (C=O) groups excluding carboxylic acids is 1. The van der Waals surface area contributed by atoms with Crippen LogP contribution >= 0.6 is 0 Å². The summed E-state index contributed by atoms with van der Waals surface area (Å²) in [5.41, 5.74) is 3.21. The number of sulfonamides is 1. The van der Waals surface area contributed by atoms with Crippen LogP contribution in [0, 0.1) is 6.92 Å². The van der Waals surface area contributed by atoms with Gasteiger partial charge < -0.3 is 4.74 Å². The highest BCUT2D eigenvalue weighted by Crippen LogP contribution is 2.26. The average Bonchev–Trinajstić information content (AvgIpc) is 2.75. The molecule has 5 nitrogen and oxygen atoms in total. The molecule has 3 rings (SSSR count). The molecule has 0 unspecified atom stereocenters. The van der Waals surface area contributed by atoms with E-state index in [2.05, 4.69) is 4.72 Å². The number of aryl methyl sites for hydroxylation is 1. The van der Waals surface area contributed by atoms with Crippen LogP contribution in [-0.2, 0) is 14.8 Å². The van der Waals surface area contributed by atoms with Gasteiger partial charge in [0.05, 0.1) is 17.1 Å². The van der Waals surface area contributed by atoms with Gasteiger partial charge in [0.1, 0.15) is 0 Å². The van der Waals surface area contributed by atoms with Gasteiger partial charge in [0.25, 0.3) is 0 Å². The Bertz CT molecular complexity index is 1090. The molecule has 0 spiro atoms. The minimum absolute atomic E-state index is 0.159. The first-order valence-corrected chi connectivity index (χ1v) is 11.3. The maximum absolute atomic E-state index is 12.8. The quantitative estimate of drug-likeness (QED) is 0.549. The molecule has 0 heterocycles. The van der Waals surface area contributed by atoms with Crippen LogP contribution in [0.5, 0.6) is 0 Å². The Balaban J connectivity index is 1.90.